The highest BCUT2D eigenvalue weighted by atomic mass is 16.5. The van der Waals surface area contributed by atoms with Crippen LogP contribution < -0.4 is 10.6 Å². The lowest BCUT2D eigenvalue weighted by Crippen LogP contribution is -2.25. The Hall–Kier alpha value is -2.70. The van der Waals surface area contributed by atoms with E-state index in [0.717, 1.165) is 32.1 Å². The summed E-state index contributed by atoms with van der Waals surface area (Å²) in [6.07, 6.45) is 5.18. The minimum absolute atomic E-state index is 0.0505. The molecule has 0 aliphatic rings. The molecule has 186 valence electrons. The summed E-state index contributed by atoms with van der Waals surface area (Å²) in [5, 5.41) is 5.61. The lowest BCUT2D eigenvalue weighted by molar-refractivity contribution is -0.121. The zero-order valence-electron chi connectivity index (χ0n) is 20.7. The molecule has 2 aromatic rings. The Morgan fingerprint density at radius 1 is 0.706 bits per heavy atom. The SMILES string of the molecule is CNC(=O)CCCOCCc1ccc(CCNC(=O)CCCCOCc2ccc(C)cc2)cc1. The monoisotopic (exact) mass is 468 g/mol. The lowest BCUT2D eigenvalue weighted by Gasteiger charge is -2.08. The maximum absolute atomic E-state index is 12.0. The normalized spacial score (nSPS) is 10.8. The van der Waals surface area contributed by atoms with Crippen molar-refractivity contribution in [1.29, 1.82) is 0 Å². The molecule has 0 aliphatic heterocycles. The van der Waals surface area contributed by atoms with E-state index in [1.54, 1.807) is 7.05 Å². The van der Waals surface area contributed by atoms with E-state index in [2.05, 4.69) is 66.1 Å². The molecular weight excluding hydrogens is 428 g/mol. The third-order valence-corrected chi connectivity index (χ3v) is 5.60. The molecule has 0 saturated carbocycles. The van der Waals surface area contributed by atoms with Crippen LogP contribution in [-0.4, -0.2) is 45.2 Å². The number of amides is 2. The maximum Gasteiger partial charge on any atom is 0.220 e. The van der Waals surface area contributed by atoms with Crippen LogP contribution in [-0.2, 0) is 38.5 Å². The third-order valence-electron chi connectivity index (χ3n) is 5.60. The van der Waals surface area contributed by atoms with Crippen molar-refractivity contribution in [3.63, 3.8) is 0 Å². The Morgan fingerprint density at radius 3 is 2.03 bits per heavy atom. The summed E-state index contributed by atoms with van der Waals surface area (Å²) >= 11 is 0. The van der Waals surface area contributed by atoms with E-state index < -0.39 is 0 Å². The first kappa shape index (κ1) is 27.5. The summed E-state index contributed by atoms with van der Waals surface area (Å²) in [6, 6.07) is 16.8. The van der Waals surface area contributed by atoms with Gasteiger partial charge in [-0.1, -0.05) is 54.1 Å². The summed E-state index contributed by atoms with van der Waals surface area (Å²) < 4.78 is 11.3. The highest BCUT2D eigenvalue weighted by molar-refractivity contribution is 5.76. The molecule has 2 rings (SSSR count). The predicted molar refractivity (Wildman–Crippen MR) is 136 cm³/mol. The molecule has 2 N–H and O–H groups in total. The number of hydrogen-bond acceptors (Lipinski definition) is 4. The summed E-state index contributed by atoms with van der Waals surface area (Å²) in [6.45, 7) is 5.28. The second kappa shape index (κ2) is 16.8. The van der Waals surface area contributed by atoms with Crippen LogP contribution in [0.1, 0.15) is 54.4 Å². The lowest BCUT2D eigenvalue weighted by atomic mass is 10.1. The first-order valence-corrected chi connectivity index (χ1v) is 12.3. The van der Waals surface area contributed by atoms with E-state index in [4.69, 9.17) is 9.47 Å². The summed E-state index contributed by atoms with van der Waals surface area (Å²) in [5.74, 6) is 0.151. The van der Waals surface area contributed by atoms with Crippen molar-refractivity contribution < 1.29 is 19.1 Å². The molecular formula is C28H40N2O4. The highest BCUT2D eigenvalue weighted by Gasteiger charge is 2.02. The topological polar surface area (TPSA) is 76.7 Å². The van der Waals surface area contributed by atoms with Gasteiger partial charge in [0.05, 0.1) is 13.2 Å². The molecule has 34 heavy (non-hydrogen) atoms. The van der Waals surface area contributed by atoms with Crippen LogP contribution in [0.25, 0.3) is 0 Å². The van der Waals surface area contributed by atoms with Crippen molar-refractivity contribution in [3.8, 4) is 0 Å². The van der Waals surface area contributed by atoms with Gasteiger partial charge in [-0.05, 0) is 55.7 Å². The van der Waals surface area contributed by atoms with Gasteiger partial charge in [-0.2, -0.15) is 0 Å². The molecule has 0 radical (unpaired) electrons. The van der Waals surface area contributed by atoms with E-state index in [1.807, 2.05) is 0 Å². The molecule has 0 heterocycles. The minimum Gasteiger partial charge on any atom is -0.381 e. The maximum atomic E-state index is 12.0. The van der Waals surface area contributed by atoms with Crippen LogP contribution in [0.3, 0.4) is 0 Å². The number of hydrogen-bond donors (Lipinski definition) is 2. The molecule has 2 amide bonds. The van der Waals surface area contributed by atoms with Gasteiger partial charge in [0, 0.05) is 39.6 Å². The zero-order chi connectivity index (χ0) is 24.4. The highest BCUT2D eigenvalue weighted by Crippen LogP contribution is 2.07. The van der Waals surface area contributed by atoms with Crippen LogP contribution in [0.5, 0.6) is 0 Å². The van der Waals surface area contributed by atoms with Crippen molar-refractivity contribution in [3.05, 3.63) is 70.8 Å². The van der Waals surface area contributed by atoms with Gasteiger partial charge in [0.15, 0.2) is 0 Å². The van der Waals surface area contributed by atoms with Crippen molar-refractivity contribution in [1.82, 2.24) is 10.6 Å². The van der Waals surface area contributed by atoms with Gasteiger partial charge in [-0.25, -0.2) is 0 Å². The fourth-order valence-corrected chi connectivity index (χ4v) is 3.42. The van der Waals surface area contributed by atoms with E-state index in [0.29, 0.717) is 45.8 Å². The molecule has 0 bridgehead atoms. The number of carbonyl (C=O) groups is 2. The van der Waals surface area contributed by atoms with Crippen molar-refractivity contribution in [2.24, 2.45) is 0 Å². The molecule has 0 aliphatic carbocycles. The van der Waals surface area contributed by atoms with E-state index in [1.165, 1.54) is 22.3 Å². The Kier molecular flexibility index (Phi) is 13.6. The quantitative estimate of drug-likeness (QED) is 0.342. The Balaban J connectivity index is 1.46. The molecule has 2 aromatic carbocycles. The van der Waals surface area contributed by atoms with Gasteiger partial charge in [0.2, 0.25) is 11.8 Å². The molecule has 0 aromatic heterocycles. The first-order chi connectivity index (χ1) is 16.6. The number of ether oxygens (including phenoxy) is 2. The van der Waals surface area contributed by atoms with Crippen LogP contribution in [0.2, 0.25) is 0 Å². The fraction of sp³-hybridized carbons (Fsp3) is 0.500. The molecule has 0 spiro atoms. The number of unbranched alkanes of at least 4 members (excludes halogenated alkanes) is 1. The van der Waals surface area contributed by atoms with Gasteiger partial charge in [-0.15, -0.1) is 0 Å². The predicted octanol–water partition coefficient (Wildman–Crippen LogP) is 4.13. The first-order valence-electron chi connectivity index (χ1n) is 12.3. The second-order valence-electron chi connectivity index (χ2n) is 8.55. The Morgan fingerprint density at radius 2 is 1.32 bits per heavy atom. The number of rotatable bonds is 17. The number of nitrogens with one attached hydrogen (secondary N) is 2. The van der Waals surface area contributed by atoms with Crippen molar-refractivity contribution in [2.75, 3.05) is 33.4 Å². The van der Waals surface area contributed by atoms with Crippen LogP contribution in [0, 0.1) is 6.92 Å². The summed E-state index contributed by atoms with van der Waals surface area (Å²) in [5.41, 5.74) is 4.86. The number of benzene rings is 2. The second-order valence-corrected chi connectivity index (χ2v) is 8.55. The number of carbonyl (C=O) groups excluding carboxylic acids is 2. The van der Waals surface area contributed by atoms with Crippen molar-refractivity contribution in [2.45, 2.75) is 58.5 Å². The van der Waals surface area contributed by atoms with Crippen LogP contribution in [0.4, 0.5) is 0 Å². The van der Waals surface area contributed by atoms with E-state index >= 15 is 0 Å². The largest absolute Gasteiger partial charge is 0.381 e. The average Bonchev–Trinajstić information content (AvgIpc) is 2.85. The van der Waals surface area contributed by atoms with E-state index in [-0.39, 0.29) is 11.8 Å². The van der Waals surface area contributed by atoms with Gasteiger partial charge in [-0.3, -0.25) is 9.59 Å². The molecule has 6 heteroatoms. The molecule has 0 unspecified atom stereocenters. The number of aryl methyl sites for hydroxylation is 1. The van der Waals surface area contributed by atoms with Crippen molar-refractivity contribution >= 4 is 11.8 Å². The molecule has 0 fully saturated rings. The average molecular weight is 469 g/mol. The third kappa shape index (κ3) is 12.5. The molecule has 6 nitrogen and oxygen atoms in total. The summed E-state index contributed by atoms with van der Waals surface area (Å²) in [7, 11) is 1.65. The standard InChI is InChI=1S/C28H40N2O4/c1-23-8-10-26(11-9-23)22-34-19-4-3-6-28(32)30-18-16-24-12-14-25(15-13-24)17-21-33-20-5-7-27(31)29-2/h8-15H,3-7,16-22H2,1-2H3,(H,29,31)(H,30,32). The van der Waals surface area contributed by atoms with Gasteiger partial charge in [0.1, 0.15) is 0 Å². The minimum atomic E-state index is 0.0505. The van der Waals surface area contributed by atoms with Gasteiger partial charge < -0.3 is 20.1 Å². The molecule has 0 atom stereocenters. The van der Waals surface area contributed by atoms with Gasteiger partial charge in [0.25, 0.3) is 0 Å². The summed E-state index contributed by atoms with van der Waals surface area (Å²) in [4.78, 5) is 23.2. The van der Waals surface area contributed by atoms with Crippen LogP contribution >= 0.6 is 0 Å². The van der Waals surface area contributed by atoms with Crippen LogP contribution in [0.15, 0.2) is 48.5 Å². The van der Waals surface area contributed by atoms with E-state index in [9.17, 15) is 9.59 Å². The molecule has 0 saturated heterocycles. The smallest absolute Gasteiger partial charge is 0.220 e. The van der Waals surface area contributed by atoms with Gasteiger partial charge >= 0.3 is 0 Å². The fourth-order valence-electron chi connectivity index (χ4n) is 3.42. The Labute approximate surface area is 204 Å². The zero-order valence-corrected chi connectivity index (χ0v) is 20.7. The Bertz CT molecular complexity index is 834.